The van der Waals surface area contributed by atoms with Gasteiger partial charge in [-0.2, -0.15) is 0 Å². The first-order valence-corrected chi connectivity index (χ1v) is 10.1. The summed E-state index contributed by atoms with van der Waals surface area (Å²) in [6, 6.07) is 7.87. The number of nitrogens with zero attached hydrogens (tertiary/aromatic N) is 1. The summed E-state index contributed by atoms with van der Waals surface area (Å²) in [6.45, 7) is 2.71. The number of ether oxygens (including phenoxy) is 1. The van der Waals surface area contributed by atoms with E-state index in [2.05, 4.69) is 29.5 Å². The van der Waals surface area contributed by atoms with E-state index < -0.39 is 11.9 Å². The van der Waals surface area contributed by atoms with E-state index in [1.54, 1.807) is 18.2 Å². The lowest BCUT2D eigenvalue weighted by molar-refractivity contribution is 0.0956. The molecule has 3 amide bonds. The average Bonchev–Trinajstić information content (AvgIpc) is 2.86. The van der Waals surface area contributed by atoms with Gasteiger partial charge < -0.3 is 15.0 Å². The SMILES string of the molecule is CCCCCOc1ccccc1C(=O)NC(=O)NC1C[C@H]2CC[C@@H](C1)N2C. The van der Waals surface area contributed by atoms with Crippen LogP contribution in [0.1, 0.15) is 62.2 Å². The van der Waals surface area contributed by atoms with Crippen LogP contribution in [0.3, 0.4) is 0 Å². The van der Waals surface area contributed by atoms with E-state index in [4.69, 9.17) is 4.74 Å². The minimum absolute atomic E-state index is 0.132. The number of nitrogens with one attached hydrogen (secondary N) is 2. The maximum absolute atomic E-state index is 12.5. The molecule has 3 atom stereocenters. The highest BCUT2D eigenvalue weighted by Gasteiger charge is 2.38. The summed E-state index contributed by atoms with van der Waals surface area (Å²) in [4.78, 5) is 27.3. The second-order valence-electron chi connectivity index (χ2n) is 7.70. The van der Waals surface area contributed by atoms with E-state index in [0.717, 1.165) is 32.1 Å². The summed E-state index contributed by atoms with van der Waals surface area (Å²) in [5, 5.41) is 5.45. The molecular formula is C21H31N3O3. The molecule has 0 radical (unpaired) electrons. The van der Waals surface area contributed by atoms with Crippen molar-refractivity contribution in [3.05, 3.63) is 29.8 Å². The Bertz CT molecular complexity index is 650. The van der Waals surface area contributed by atoms with Crippen LogP contribution in [0, 0.1) is 0 Å². The fourth-order valence-corrected chi connectivity index (χ4v) is 4.24. The van der Waals surface area contributed by atoms with E-state index in [-0.39, 0.29) is 6.04 Å². The van der Waals surface area contributed by atoms with Crippen LogP contribution in [0.5, 0.6) is 5.75 Å². The predicted molar refractivity (Wildman–Crippen MR) is 105 cm³/mol. The molecule has 6 nitrogen and oxygen atoms in total. The van der Waals surface area contributed by atoms with Gasteiger partial charge in [-0.05, 0) is 51.3 Å². The van der Waals surface area contributed by atoms with Gasteiger partial charge in [0.2, 0.25) is 0 Å². The zero-order chi connectivity index (χ0) is 19.2. The normalized spacial score (nSPS) is 24.4. The van der Waals surface area contributed by atoms with Crippen LogP contribution >= 0.6 is 0 Å². The highest BCUT2D eigenvalue weighted by molar-refractivity contribution is 6.05. The van der Waals surface area contributed by atoms with E-state index in [9.17, 15) is 9.59 Å². The Balaban J connectivity index is 1.52. The van der Waals surface area contributed by atoms with E-state index >= 15 is 0 Å². The summed E-state index contributed by atoms with van der Waals surface area (Å²) in [5.74, 6) is 0.103. The highest BCUT2D eigenvalue weighted by Crippen LogP contribution is 2.34. The number of unbranched alkanes of at least 4 members (excludes halogenated alkanes) is 2. The maximum atomic E-state index is 12.5. The van der Waals surface area contributed by atoms with Crippen LogP contribution in [0.15, 0.2) is 24.3 Å². The summed E-state index contributed by atoms with van der Waals surface area (Å²) in [6.07, 6.45) is 7.45. The fourth-order valence-electron chi connectivity index (χ4n) is 4.24. The number of hydrogen-bond acceptors (Lipinski definition) is 4. The van der Waals surface area contributed by atoms with Crippen molar-refractivity contribution in [3.8, 4) is 5.75 Å². The third-order valence-corrected chi connectivity index (χ3v) is 5.80. The number of rotatable bonds is 7. The average molecular weight is 373 g/mol. The van der Waals surface area contributed by atoms with Gasteiger partial charge in [-0.15, -0.1) is 0 Å². The number of carbonyl (C=O) groups excluding carboxylic acids is 2. The van der Waals surface area contributed by atoms with Crippen molar-refractivity contribution in [2.75, 3.05) is 13.7 Å². The number of carbonyl (C=O) groups is 2. The van der Waals surface area contributed by atoms with Gasteiger partial charge in [-0.1, -0.05) is 31.9 Å². The first-order valence-electron chi connectivity index (χ1n) is 10.1. The van der Waals surface area contributed by atoms with Gasteiger partial charge in [0, 0.05) is 18.1 Å². The molecule has 1 unspecified atom stereocenters. The largest absolute Gasteiger partial charge is 0.493 e. The number of urea groups is 1. The van der Waals surface area contributed by atoms with Gasteiger partial charge in [0.15, 0.2) is 0 Å². The zero-order valence-corrected chi connectivity index (χ0v) is 16.4. The van der Waals surface area contributed by atoms with Gasteiger partial charge in [-0.25, -0.2) is 4.79 Å². The monoisotopic (exact) mass is 373 g/mol. The van der Waals surface area contributed by atoms with Crippen LogP contribution in [-0.4, -0.2) is 48.6 Å². The molecule has 0 aromatic heterocycles. The Kier molecular flexibility index (Phi) is 6.72. The Labute approximate surface area is 161 Å². The van der Waals surface area contributed by atoms with Gasteiger partial charge in [-0.3, -0.25) is 10.1 Å². The lowest BCUT2D eigenvalue weighted by Gasteiger charge is -2.36. The number of imide groups is 1. The van der Waals surface area contributed by atoms with E-state index in [1.165, 1.54) is 12.8 Å². The Morgan fingerprint density at radius 1 is 1.15 bits per heavy atom. The Morgan fingerprint density at radius 2 is 1.85 bits per heavy atom. The fraction of sp³-hybridized carbons (Fsp3) is 0.619. The lowest BCUT2D eigenvalue weighted by atomic mass is 9.98. The summed E-state index contributed by atoms with van der Waals surface area (Å²) < 4.78 is 5.74. The molecule has 6 heteroatoms. The topological polar surface area (TPSA) is 70.7 Å². The summed E-state index contributed by atoms with van der Waals surface area (Å²) in [5.41, 5.74) is 0.396. The van der Waals surface area contributed by atoms with Gasteiger partial charge in [0.05, 0.1) is 12.2 Å². The van der Waals surface area contributed by atoms with Crippen molar-refractivity contribution in [3.63, 3.8) is 0 Å². The number of fused-ring (bicyclic) bond motifs is 2. The van der Waals surface area contributed by atoms with Crippen molar-refractivity contribution in [2.24, 2.45) is 0 Å². The third kappa shape index (κ3) is 5.01. The van der Waals surface area contributed by atoms with Crippen molar-refractivity contribution in [1.82, 2.24) is 15.5 Å². The summed E-state index contributed by atoms with van der Waals surface area (Å²) in [7, 11) is 2.17. The van der Waals surface area contributed by atoms with Gasteiger partial charge in [0.1, 0.15) is 5.75 Å². The molecule has 2 aliphatic rings. The van der Waals surface area contributed by atoms with Crippen LogP contribution in [0.2, 0.25) is 0 Å². The van der Waals surface area contributed by atoms with Gasteiger partial charge in [0.25, 0.3) is 5.91 Å². The molecule has 2 fully saturated rings. The third-order valence-electron chi connectivity index (χ3n) is 5.80. The van der Waals surface area contributed by atoms with Crippen molar-refractivity contribution < 1.29 is 14.3 Å². The second-order valence-corrected chi connectivity index (χ2v) is 7.70. The number of amides is 3. The molecular weight excluding hydrogens is 342 g/mol. The minimum Gasteiger partial charge on any atom is -0.493 e. The van der Waals surface area contributed by atoms with Crippen molar-refractivity contribution in [2.45, 2.75) is 70.0 Å². The Morgan fingerprint density at radius 3 is 2.56 bits per heavy atom. The van der Waals surface area contributed by atoms with Crippen LogP contribution < -0.4 is 15.4 Å². The number of piperidine rings is 1. The molecule has 0 aliphatic carbocycles. The first kappa shape index (κ1) is 19.7. The number of para-hydroxylation sites is 1. The van der Waals surface area contributed by atoms with Crippen molar-refractivity contribution >= 4 is 11.9 Å². The molecule has 148 valence electrons. The molecule has 3 rings (SSSR count). The summed E-state index contributed by atoms with van der Waals surface area (Å²) >= 11 is 0. The van der Waals surface area contributed by atoms with Crippen LogP contribution in [0.4, 0.5) is 4.79 Å². The maximum Gasteiger partial charge on any atom is 0.321 e. The van der Waals surface area contributed by atoms with Crippen LogP contribution in [-0.2, 0) is 0 Å². The molecule has 2 N–H and O–H groups in total. The van der Waals surface area contributed by atoms with Crippen LogP contribution in [0.25, 0.3) is 0 Å². The molecule has 2 aliphatic heterocycles. The quantitative estimate of drug-likeness (QED) is 0.720. The highest BCUT2D eigenvalue weighted by atomic mass is 16.5. The molecule has 0 saturated carbocycles. The number of benzene rings is 1. The smallest absolute Gasteiger partial charge is 0.321 e. The van der Waals surface area contributed by atoms with E-state index in [0.29, 0.717) is 30.0 Å². The molecule has 27 heavy (non-hydrogen) atoms. The minimum atomic E-state index is -0.422. The molecule has 1 aromatic carbocycles. The first-order chi connectivity index (χ1) is 13.1. The molecule has 1 aromatic rings. The Hall–Kier alpha value is -2.08. The molecule has 2 heterocycles. The lowest BCUT2D eigenvalue weighted by Crippen LogP contribution is -2.51. The predicted octanol–water partition coefficient (Wildman–Crippen LogP) is 3.32. The second kappa shape index (κ2) is 9.22. The molecule has 2 bridgehead atoms. The van der Waals surface area contributed by atoms with Crippen molar-refractivity contribution in [1.29, 1.82) is 0 Å². The standard InChI is InChI=1S/C21H31N3O3/c1-3-4-7-12-27-19-9-6-5-8-18(19)20(25)23-21(26)22-15-13-16-10-11-17(14-15)24(16)2/h5-6,8-9,15-17H,3-4,7,10-14H2,1-2H3,(H2,22,23,25,26)/t15?,16-,17+. The molecule has 0 spiro atoms. The number of hydrogen-bond donors (Lipinski definition) is 2. The van der Waals surface area contributed by atoms with Gasteiger partial charge >= 0.3 is 6.03 Å². The zero-order valence-electron chi connectivity index (χ0n) is 16.4. The molecule has 2 saturated heterocycles. The van der Waals surface area contributed by atoms with E-state index in [1.807, 2.05) is 6.07 Å².